The molecule has 0 radical (unpaired) electrons. The highest BCUT2D eigenvalue weighted by Gasteiger charge is 2.86. The van der Waals surface area contributed by atoms with Gasteiger partial charge in [-0.1, -0.05) is 0 Å². The lowest BCUT2D eigenvalue weighted by Gasteiger charge is -2.41. The summed E-state index contributed by atoms with van der Waals surface area (Å²) in [6.45, 7) is -2.24. The Labute approximate surface area is 172 Å². The molecule has 0 aromatic heterocycles. The van der Waals surface area contributed by atoms with E-state index in [1.165, 1.54) is 9.47 Å². The van der Waals surface area contributed by atoms with E-state index in [2.05, 4.69) is 0 Å². The minimum atomic E-state index is -8.15. The van der Waals surface area contributed by atoms with Crippen molar-refractivity contribution < 1.29 is 103 Å². The van der Waals surface area contributed by atoms with Crippen molar-refractivity contribution in [2.24, 2.45) is 0 Å². The summed E-state index contributed by atoms with van der Waals surface area (Å²) in [4.78, 5) is 0. The lowest BCUT2D eigenvalue weighted by molar-refractivity contribution is -0.576. The van der Waals surface area contributed by atoms with Gasteiger partial charge in [0.25, 0.3) is 0 Å². The summed E-state index contributed by atoms with van der Waals surface area (Å²) >= 11 is 0. The van der Waals surface area contributed by atoms with E-state index < -0.39 is 67.7 Å². The van der Waals surface area contributed by atoms with Crippen LogP contribution in [0.3, 0.4) is 0 Å². The first-order valence-electron chi connectivity index (χ1n) is 7.24. The molecule has 0 aliphatic rings. The van der Waals surface area contributed by atoms with Crippen LogP contribution in [0.2, 0.25) is 0 Å². The van der Waals surface area contributed by atoms with Crippen molar-refractivity contribution in [1.29, 1.82) is 0 Å². The topological polar surface area (TPSA) is 47.9 Å². The molecule has 0 aliphatic heterocycles. The number of aliphatic hydroxyl groups is 1. The molecule has 34 heavy (non-hydrogen) atoms. The fraction of sp³-hybridized carbons (Fsp3) is 1.00. The first-order chi connectivity index (χ1) is 14.4. The van der Waals surface area contributed by atoms with Crippen molar-refractivity contribution in [3.8, 4) is 0 Å². The van der Waals surface area contributed by atoms with Crippen LogP contribution in [-0.4, -0.2) is 66.4 Å². The summed E-state index contributed by atoms with van der Waals surface area (Å²) in [5, 5.41) is 8.19. The highest BCUT2D eigenvalue weighted by atomic mass is 19.4. The molecule has 0 amide bonds. The largest absolute Gasteiger partial charge is 0.525 e. The molecule has 0 bridgehead atoms. The van der Waals surface area contributed by atoms with E-state index in [0.29, 0.717) is 0 Å². The summed E-state index contributed by atoms with van der Waals surface area (Å²) in [5.41, 5.74) is 0. The maximum Gasteiger partial charge on any atom is 0.525 e. The van der Waals surface area contributed by atoms with Gasteiger partial charge in [0, 0.05) is 13.0 Å². The van der Waals surface area contributed by atoms with Gasteiger partial charge in [-0.25, -0.2) is 9.13 Å². The van der Waals surface area contributed by atoms with E-state index in [0.717, 1.165) is 0 Å². The maximum absolute atomic E-state index is 13.9. The van der Waals surface area contributed by atoms with E-state index in [1.54, 1.807) is 0 Å². The van der Waals surface area contributed by atoms with Crippen LogP contribution in [0.25, 0.3) is 0 Å². The third kappa shape index (κ3) is 6.19. The minimum absolute atomic E-state index is 1.25. The fourth-order valence-electron chi connectivity index (χ4n) is 1.63. The van der Waals surface area contributed by atoms with Crippen molar-refractivity contribution in [2.75, 3.05) is 6.61 Å². The van der Waals surface area contributed by atoms with Crippen LogP contribution in [0.4, 0.5) is 83.4 Å². The van der Waals surface area contributed by atoms with Crippen LogP contribution in [0, 0.1) is 0 Å². The number of halogens is 19. The van der Waals surface area contributed by atoms with Crippen LogP contribution in [-0.2, 0) is 14.2 Å². The normalized spacial score (nSPS) is 20.5. The Morgan fingerprint density at radius 3 is 1.03 bits per heavy atom. The van der Waals surface area contributed by atoms with Gasteiger partial charge >= 0.3 is 54.7 Å². The average Bonchev–Trinajstić information content (AvgIpc) is 2.48. The quantitative estimate of drug-likeness (QED) is 0.361. The number of hydrogen-bond donors (Lipinski definition) is 1. The minimum Gasteiger partial charge on any atom is -0.396 e. The predicted octanol–water partition coefficient (Wildman–Crippen LogP) is 5.81. The Morgan fingerprint density at radius 1 is 0.441 bits per heavy atom. The summed E-state index contributed by atoms with van der Waals surface area (Å²) in [6.07, 6.45) is -48.9. The first-order valence-corrected chi connectivity index (χ1v) is 7.24. The molecule has 3 unspecified atom stereocenters. The molecular formula is C11H5F19O4. The highest BCUT2D eigenvalue weighted by molar-refractivity contribution is 4.95. The van der Waals surface area contributed by atoms with Gasteiger partial charge in [-0.15, -0.1) is 13.2 Å². The van der Waals surface area contributed by atoms with Gasteiger partial charge in [0.05, 0.1) is 0 Å². The summed E-state index contributed by atoms with van der Waals surface area (Å²) in [6, 6.07) is 0. The number of ether oxygens (including phenoxy) is 3. The van der Waals surface area contributed by atoms with E-state index >= 15 is 0 Å². The molecule has 0 spiro atoms. The zero-order chi connectivity index (χ0) is 28.0. The zero-order valence-electron chi connectivity index (χ0n) is 14.8. The Balaban J connectivity index is 6.84. The van der Waals surface area contributed by atoms with Crippen molar-refractivity contribution in [2.45, 2.75) is 61.1 Å². The van der Waals surface area contributed by atoms with Crippen molar-refractivity contribution >= 4 is 0 Å². The molecule has 0 rings (SSSR count). The number of hydrogen-bond acceptors (Lipinski definition) is 4. The van der Waals surface area contributed by atoms with Gasteiger partial charge in [-0.05, 0) is 0 Å². The molecule has 0 aromatic rings. The Bertz CT molecular complexity index is 694. The van der Waals surface area contributed by atoms with Crippen molar-refractivity contribution in [3.05, 3.63) is 0 Å². The number of rotatable bonds is 9. The number of aliphatic hydroxyl groups excluding tert-OH is 1. The highest BCUT2D eigenvalue weighted by Crippen LogP contribution is 2.57. The smallest absolute Gasteiger partial charge is 0.396 e. The molecule has 0 heterocycles. The van der Waals surface area contributed by atoms with Crippen molar-refractivity contribution in [1.82, 2.24) is 0 Å². The van der Waals surface area contributed by atoms with Gasteiger partial charge in [0.1, 0.15) is 0 Å². The zero-order valence-corrected chi connectivity index (χ0v) is 14.8. The molecular weight excluding hydrogens is 557 g/mol. The maximum atomic E-state index is 13.9. The van der Waals surface area contributed by atoms with Gasteiger partial charge in [-0.3, -0.25) is 9.47 Å². The van der Waals surface area contributed by atoms with Gasteiger partial charge in [0.2, 0.25) is 0 Å². The lowest BCUT2D eigenvalue weighted by Crippen LogP contribution is -2.69. The Kier molecular flexibility index (Phi) is 8.48. The van der Waals surface area contributed by atoms with Gasteiger partial charge < -0.3 is 5.11 Å². The second-order valence-electron chi connectivity index (χ2n) is 5.67. The molecule has 23 heteroatoms. The molecule has 0 saturated carbocycles. The fourth-order valence-corrected chi connectivity index (χ4v) is 1.63. The predicted molar refractivity (Wildman–Crippen MR) is 60.6 cm³/mol. The third-order valence-electron chi connectivity index (χ3n) is 3.15. The standard InChI is InChI=1S/C11H5F19O4/c12-3(1-2-31,6(15,16)17)32-9(24,25)4(13,7(18,19)20)33-10(26,27)5(14,8(21,22)23)34-11(28,29)30/h31H,1-2H2. The third-order valence-corrected chi connectivity index (χ3v) is 3.15. The molecule has 4 nitrogen and oxygen atoms in total. The van der Waals surface area contributed by atoms with Crippen molar-refractivity contribution in [3.63, 3.8) is 0 Å². The van der Waals surface area contributed by atoms with Crippen LogP contribution >= 0.6 is 0 Å². The molecule has 0 aliphatic carbocycles. The van der Waals surface area contributed by atoms with E-state index in [-0.39, 0.29) is 0 Å². The molecule has 206 valence electrons. The molecule has 3 atom stereocenters. The second kappa shape index (κ2) is 8.87. The van der Waals surface area contributed by atoms with Gasteiger partial charge in [-0.2, -0.15) is 65.9 Å². The molecule has 0 saturated heterocycles. The molecule has 1 N–H and O–H groups in total. The van der Waals surface area contributed by atoms with E-state index in [9.17, 15) is 83.4 Å². The van der Waals surface area contributed by atoms with Crippen LogP contribution in [0.5, 0.6) is 0 Å². The van der Waals surface area contributed by atoms with E-state index in [4.69, 9.17) is 5.11 Å². The van der Waals surface area contributed by atoms with Crippen LogP contribution in [0.15, 0.2) is 0 Å². The molecule has 0 aromatic carbocycles. The SMILES string of the molecule is OCCC(F)(OC(F)(F)C(F)(OC(F)(F)C(F)(OC(F)(F)F)C(F)(F)F)C(F)(F)F)C(F)(F)F. The molecule has 0 fully saturated rings. The summed E-state index contributed by atoms with van der Waals surface area (Å²) in [7, 11) is 0. The first kappa shape index (κ1) is 32.5. The lowest BCUT2D eigenvalue weighted by atomic mass is 10.2. The van der Waals surface area contributed by atoms with Gasteiger partial charge in [0.15, 0.2) is 0 Å². The summed E-state index contributed by atoms with van der Waals surface area (Å²) < 4.78 is 248. The monoisotopic (exact) mass is 562 g/mol. The Hall–Kier alpha value is -1.49. The van der Waals surface area contributed by atoms with E-state index in [1.807, 2.05) is 4.74 Å². The van der Waals surface area contributed by atoms with Crippen LogP contribution < -0.4 is 0 Å². The van der Waals surface area contributed by atoms with Crippen LogP contribution in [0.1, 0.15) is 6.42 Å². The Morgan fingerprint density at radius 2 is 0.765 bits per heavy atom. The number of alkyl halides is 19. The second-order valence-corrected chi connectivity index (χ2v) is 5.67. The average molecular weight is 562 g/mol. The summed E-state index contributed by atoms with van der Waals surface area (Å²) in [5.74, 6) is -22.3.